The molecule has 0 bridgehead atoms. The van der Waals surface area contributed by atoms with Crippen molar-refractivity contribution in [3.8, 4) is 5.69 Å². The molecule has 94 valence electrons. The van der Waals surface area contributed by atoms with Crippen LogP contribution in [0.15, 0.2) is 42.7 Å². The van der Waals surface area contributed by atoms with Crippen molar-refractivity contribution >= 4 is 23.2 Å². The minimum atomic E-state index is -0.0201. The van der Waals surface area contributed by atoms with E-state index in [2.05, 4.69) is 10.4 Å². The number of nitrogens with one attached hydrogen (secondary N) is 1. The molecule has 0 spiro atoms. The summed E-state index contributed by atoms with van der Waals surface area (Å²) >= 11 is 5.55. The maximum Gasteiger partial charge on any atom is 0.224 e. The van der Waals surface area contributed by atoms with Gasteiger partial charge in [-0.2, -0.15) is 5.10 Å². The van der Waals surface area contributed by atoms with Crippen molar-refractivity contribution in [3.05, 3.63) is 42.7 Å². The Morgan fingerprint density at radius 3 is 3.00 bits per heavy atom. The molecule has 0 saturated heterocycles. The van der Waals surface area contributed by atoms with Crippen molar-refractivity contribution in [2.75, 3.05) is 11.2 Å². The van der Waals surface area contributed by atoms with E-state index in [1.807, 2.05) is 36.5 Å². The number of nitrogens with zero attached hydrogens (tertiary/aromatic N) is 2. The van der Waals surface area contributed by atoms with Crippen LogP contribution in [0.3, 0.4) is 0 Å². The Balaban J connectivity index is 2.06. The Bertz CT molecular complexity index is 511. The van der Waals surface area contributed by atoms with E-state index in [1.54, 1.807) is 10.9 Å². The molecule has 0 atom stereocenters. The first-order chi connectivity index (χ1) is 8.79. The van der Waals surface area contributed by atoms with Crippen molar-refractivity contribution in [1.29, 1.82) is 0 Å². The highest BCUT2D eigenvalue weighted by Crippen LogP contribution is 2.14. The van der Waals surface area contributed by atoms with Gasteiger partial charge in [-0.25, -0.2) is 4.68 Å². The summed E-state index contributed by atoms with van der Waals surface area (Å²) < 4.78 is 1.74. The lowest BCUT2D eigenvalue weighted by molar-refractivity contribution is -0.116. The number of alkyl halides is 1. The first kappa shape index (κ1) is 12.6. The molecule has 5 heteroatoms. The molecular weight excluding hydrogens is 250 g/mol. The van der Waals surface area contributed by atoms with Gasteiger partial charge in [0.05, 0.1) is 5.69 Å². The molecule has 1 aromatic heterocycles. The molecule has 1 heterocycles. The van der Waals surface area contributed by atoms with E-state index >= 15 is 0 Å². The molecule has 2 aromatic rings. The van der Waals surface area contributed by atoms with Gasteiger partial charge in [-0.3, -0.25) is 4.79 Å². The number of carbonyl (C=O) groups is 1. The Hall–Kier alpha value is -1.81. The van der Waals surface area contributed by atoms with Gasteiger partial charge >= 0.3 is 0 Å². The molecule has 1 N–H and O–H groups in total. The zero-order chi connectivity index (χ0) is 12.8. The Labute approximate surface area is 111 Å². The minimum Gasteiger partial charge on any atom is -0.326 e. The molecule has 0 unspecified atom stereocenters. The fourth-order valence-electron chi connectivity index (χ4n) is 1.60. The molecule has 0 fully saturated rings. The predicted molar refractivity (Wildman–Crippen MR) is 72.1 cm³/mol. The number of rotatable bonds is 5. The van der Waals surface area contributed by atoms with Crippen LogP contribution >= 0.6 is 11.6 Å². The number of hydrogen-bond donors (Lipinski definition) is 1. The smallest absolute Gasteiger partial charge is 0.224 e. The molecule has 0 aliphatic carbocycles. The lowest BCUT2D eigenvalue weighted by atomic mass is 10.2. The van der Waals surface area contributed by atoms with E-state index in [0.717, 1.165) is 11.4 Å². The van der Waals surface area contributed by atoms with Gasteiger partial charge in [-0.1, -0.05) is 6.07 Å². The van der Waals surface area contributed by atoms with Crippen LogP contribution in [0.2, 0.25) is 0 Å². The van der Waals surface area contributed by atoms with E-state index in [1.165, 1.54) is 0 Å². The Morgan fingerprint density at radius 1 is 1.39 bits per heavy atom. The Morgan fingerprint density at radius 2 is 2.28 bits per heavy atom. The fourth-order valence-corrected chi connectivity index (χ4v) is 1.73. The number of benzene rings is 1. The number of hydrogen-bond acceptors (Lipinski definition) is 2. The summed E-state index contributed by atoms with van der Waals surface area (Å²) in [6, 6.07) is 9.40. The molecule has 2 rings (SSSR count). The average Bonchev–Trinajstić information content (AvgIpc) is 2.90. The Kier molecular flexibility index (Phi) is 4.36. The van der Waals surface area contributed by atoms with Crippen LogP contribution in [0.5, 0.6) is 0 Å². The predicted octanol–water partition coefficient (Wildman–Crippen LogP) is 2.83. The van der Waals surface area contributed by atoms with Crippen LogP contribution in [0.25, 0.3) is 5.69 Å². The standard InChI is InChI=1S/C13H14ClN3O/c14-7-2-6-13(18)16-11-4-1-5-12(10-11)17-9-3-8-15-17/h1,3-5,8-10H,2,6-7H2,(H,16,18). The highest BCUT2D eigenvalue weighted by molar-refractivity contribution is 6.18. The molecule has 0 aliphatic rings. The highest BCUT2D eigenvalue weighted by atomic mass is 35.5. The van der Waals surface area contributed by atoms with Crippen LogP contribution in [0.1, 0.15) is 12.8 Å². The van der Waals surface area contributed by atoms with Crippen LogP contribution in [0.4, 0.5) is 5.69 Å². The van der Waals surface area contributed by atoms with Gasteiger partial charge in [0, 0.05) is 30.4 Å². The normalized spacial score (nSPS) is 10.3. The zero-order valence-electron chi connectivity index (χ0n) is 9.84. The van der Waals surface area contributed by atoms with E-state index in [0.29, 0.717) is 18.7 Å². The zero-order valence-corrected chi connectivity index (χ0v) is 10.6. The first-order valence-electron chi connectivity index (χ1n) is 5.75. The van der Waals surface area contributed by atoms with Crippen LogP contribution in [-0.2, 0) is 4.79 Å². The minimum absolute atomic E-state index is 0.0201. The van der Waals surface area contributed by atoms with Crippen LogP contribution < -0.4 is 5.32 Å². The maximum atomic E-state index is 11.6. The number of anilines is 1. The summed E-state index contributed by atoms with van der Waals surface area (Å²) in [6.45, 7) is 0. The van der Waals surface area contributed by atoms with Crippen molar-refractivity contribution in [3.63, 3.8) is 0 Å². The largest absolute Gasteiger partial charge is 0.326 e. The molecule has 18 heavy (non-hydrogen) atoms. The summed E-state index contributed by atoms with van der Waals surface area (Å²) in [5, 5.41) is 6.98. The third-order valence-corrected chi connectivity index (χ3v) is 2.70. The summed E-state index contributed by atoms with van der Waals surface area (Å²) in [6.07, 6.45) is 4.70. The van der Waals surface area contributed by atoms with Crippen LogP contribution in [-0.4, -0.2) is 21.6 Å². The number of halogens is 1. The quantitative estimate of drug-likeness (QED) is 0.843. The maximum absolute atomic E-state index is 11.6. The topological polar surface area (TPSA) is 46.9 Å². The van der Waals surface area contributed by atoms with E-state index in [-0.39, 0.29) is 5.91 Å². The average molecular weight is 264 g/mol. The monoisotopic (exact) mass is 263 g/mol. The third-order valence-electron chi connectivity index (χ3n) is 2.44. The lowest BCUT2D eigenvalue weighted by Gasteiger charge is -2.07. The highest BCUT2D eigenvalue weighted by Gasteiger charge is 2.03. The van der Waals surface area contributed by atoms with Crippen molar-refractivity contribution in [2.45, 2.75) is 12.8 Å². The number of carbonyl (C=O) groups excluding carboxylic acids is 1. The molecular formula is C13H14ClN3O. The van der Waals surface area contributed by atoms with Crippen molar-refractivity contribution < 1.29 is 4.79 Å². The second kappa shape index (κ2) is 6.21. The van der Waals surface area contributed by atoms with E-state index < -0.39 is 0 Å². The molecule has 1 amide bonds. The summed E-state index contributed by atoms with van der Waals surface area (Å²) in [5.74, 6) is 0.481. The second-order valence-corrected chi connectivity index (χ2v) is 4.22. The van der Waals surface area contributed by atoms with Gasteiger partial charge in [0.25, 0.3) is 0 Å². The second-order valence-electron chi connectivity index (χ2n) is 3.84. The lowest BCUT2D eigenvalue weighted by Crippen LogP contribution is -2.11. The molecule has 4 nitrogen and oxygen atoms in total. The number of amides is 1. The van der Waals surface area contributed by atoms with Gasteiger partial charge in [-0.15, -0.1) is 11.6 Å². The SMILES string of the molecule is O=C(CCCCl)Nc1cccc(-n2cccn2)c1. The van der Waals surface area contributed by atoms with Crippen LogP contribution in [0, 0.1) is 0 Å². The van der Waals surface area contributed by atoms with Crippen molar-refractivity contribution in [1.82, 2.24) is 9.78 Å². The van der Waals surface area contributed by atoms with Gasteiger partial charge in [-0.05, 0) is 30.7 Å². The number of aromatic nitrogens is 2. The van der Waals surface area contributed by atoms with Gasteiger partial charge in [0.1, 0.15) is 0 Å². The molecule has 0 aliphatic heterocycles. The van der Waals surface area contributed by atoms with Gasteiger partial charge in [0.15, 0.2) is 0 Å². The fraction of sp³-hybridized carbons (Fsp3) is 0.231. The van der Waals surface area contributed by atoms with E-state index in [4.69, 9.17) is 11.6 Å². The summed E-state index contributed by atoms with van der Waals surface area (Å²) in [4.78, 5) is 11.6. The third kappa shape index (κ3) is 3.34. The van der Waals surface area contributed by atoms with Gasteiger partial charge < -0.3 is 5.32 Å². The molecule has 0 radical (unpaired) electrons. The van der Waals surface area contributed by atoms with E-state index in [9.17, 15) is 4.79 Å². The van der Waals surface area contributed by atoms with Crippen molar-refractivity contribution in [2.24, 2.45) is 0 Å². The summed E-state index contributed by atoms with van der Waals surface area (Å²) in [5.41, 5.74) is 1.68. The summed E-state index contributed by atoms with van der Waals surface area (Å²) in [7, 11) is 0. The molecule has 0 saturated carbocycles. The van der Waals surface area contributed by atoms with Gasteiger partial charge in [0.2, 0.25) is 5.91 Å². The first-order valence-corrected chi connectivity index (χ1v) is 6.29. The molecule has 1 aromatic carbocycles.